The van der Waals surface area contributed by atoms with E-state index in [0.717, 1.165) is 16.9 Å². The Morgan fingerprint density at radius 2 is 1.86 bits per heavy atom. The highest BCUT2D eigenvalue weighted by atomic mass is 35.5. The SMILES string of the molecule is NC(=O)c1cccc(CCNC(=O)N2CCN(S(=O)(=O)c3ccc(Cl)s3)CC2)c1. The first-order valence-electron chi connectivity index (χ1n) is 8.94. The minimum absolute atomic E-state index is 0.207. The van der Waals surface area contributed by atoms with Crippen LogP contribution in [0.4, 0.5) is 4.79 Å². The van der Waals surface area contributed by atoms with E-state index in [-0.39, 0.29) is 23.3 Å². The summed E-state index contributed by atoms with van der Waals surface area (Å²) in [5.74, 6) is -0.492. The van der Waals surface area contributed by atoms with Crippen LogP contribution in [-0.4, -0.2) is 62.3 Å². The van der Waals surface area contributed by atoms with Gasteiger partial charge in [0.1, 0.15) is 4.21 Å². The van der Waals surface area contributed by atoms with Gasteiger partial charge >= 0.3 is 6.03 Å². The number of benzene rings is 1. The van der Waals surface area contributed by atoms with Crippen LogP contribution in [-0.2, 0) is 16.4 Å². The molecule has 3 N–H and O–H groups in total. The van der Waals surface area contributed by atoms with Gasteiger partial charge in [0.25, 0.3) is 10.0 Å². The van der Waals surface area contributed by atoms with E-state index in [1.54, 1.807) is 29.2 Å². The van der Waals surface area contributed by atoms with Gasteiger partial charge in [-0.1, -0.05) is 23.7 Å². The molecule has 1 saturated heterocycles. The highest BCUT2D eigenvalue weighted by Gasteiger charge is 2.31. The van der Waals surface area contributed by atoms with Crippen molar-refractivity contribution in [2.75, 3.05) is 32.7 Å². The summed E-state index contributed by atoms with van der Waals surface area (Å²) in [5.41, 5.74) is 6.59. The van der Waals surface area contributed by atoms with Gasteiger partial charge in [0.2, 0.25) is 5.91 Å². The molecule has 0 bridgehead atoms. The van der Waals surface area contributed by atoms with E-state index in [2.05, 4.69) is 5.32 Å². The number of sulfonamides is 1. The summed E-state index contributed by atoms with van der Waals surface area (Å²) in [4.78, 5) is 25.2. The van der Waals surface area contributed by atoms with Crippen molar-refractivity contribution in [1.29, 1.82) is 0 Å². The number of amides is 3. The number of halogens is 1. The lowest BCUT2D eigenvalue weighted by Crippen LogP contribution is -2.53. The minimum atomic E-state index is -3.58. The number of nitrogens with two attached hydrogens (primary N) is 1. The largest absolute Gasteiger partial charge is 0.366 e. The number of hydrogen-bond acceptors (Lipinski definition) is 5. The minimum Gasteiger partial charge on any atom is -0.366 e. The van der Waals surface area contributed by atoms with Crippen molar-refractivity contribution >= 4 is 44.9 Å². The van der Waals surface area contributed by atoms with Gasteiger partial charge in [-0.15, -0.1) is 11.3 Å². The smallest absolute Gasteiger partial charge is 0.317 e. The van der Waals surface area contributed by atoms with Crippen molar-refractivity contribution in [3.63, 3.8) is 0 Å². The molecule has 1 aromatic carbocycles. The number of nitrogens with one attached hydrogen (secondary N) is 1. The van der Waals surface area contributed by atoms with Gasteiger partial charge < -0.3 is 16.0 Å². The van der Waals surface area contributed by atoms with Crippen LogP contribution in [0, 0.1) is 0 Å². The van der Waals surface area contributed by atoms with E-state index in [0.29, 0.717) is 36.0 Å². The third-order valence-electron chi connectivity index (χ3n) is 4.57. The maximum Gasteiger partial charge on any atom is 0.317 e. The average molecular weight is 457 g/mol. The molecule has 1 aliphatic heterocycles. The topological polar surface area (TPSA) is 113 Å². The summed E-state index contributed by atoms with van der Waals surface area (Å²) >= 11 is 6.86. The fourth-order valence-electron chi connectivity index (χ4n) is 3.00. The zero-order valence-corrected chi connectivity index (χ0v) is 17.9. The molecule has 0 spiro atoms. The Balaban J connectivity index is 1.48. The molecule has 0 atom stereocenters. The lowest BCUT2D eigenvalue weighted by molar-refractivity contribution is 0.1000. The van der Waals surface area contributed by atoms with E-state index in [1.807, 2.05) is 6.07 Å². The third-order valence-corrected chi connectivity index (χ3v) is 8.17. The summed E-state index contributed by atoms with van der Waals surface area (Å²) in [6.45, 7) is 1.47. The number of carbonyl (C=O) groups excluding carboxylic acids is 2. The number of hydrogen-bond donors (Lipinski definition) is 2. The first-order chi connectivity index (χ1) is 13.8. The molecule has 1 aromatic heterocycles. The van der Waals surface area contributed by atoms with Crippen LogP contribution in [0.3, 0.4) is 0 Å². The summed E-state index contributed by atoms with van der Waals surface area (Å²) in [7, 11) is -3.58. The second kappa shape index (κ2) is 9.12. The van der Waals surface area contributed by atoms with E-state index in [4.69, 9.17) is 17.3 Å². The summed E-state index contributed by atoms with van der Waals surface area (Å²) in [6.07, 6.45) is 0.556. The van der Waals surface area contributed by atoms with Gasteiger partial charge in [0.05, 0.1) is 4.34 Å². The predicted molar refractivity (Wildman–Crippen MR) is 112 cm³/mol. The third kappa shape index (κ3) is 5.27. The van der Waals surface area contributed by atoms with Gasteiger partial charge in [-0.3, -0.25) is 4.79 Å². The second-order valence-corrected chi connectivity index (χ2v) is 10.4. The number of urea groups is 1. The number of piperazine rings is 1. The molecule has 2 aromatic rings. The molecular weight excluding hydrogens is 436 g/mol. The maximum atomic E-state index is 12.6. The molecule has 0 radical (unpaired) electrons. The first kappa shape index (κ1) is 21.6. The molecule has 156 valence electrons. The van der Waals surface area contributed by atoms with E-state index >= 15 is 0 Å². The van der Waals surface area contributed by atoms with Crippen LogP contribution in [0.25, 0.3) is 0 Å². The fourth-order valence-corrected chi connectivity index (χ4v) is 6.06. The van der Waals surface area contributed by atoms with Crippen LogP contribution in [0.1, 0.15) is 15.9 Å². The average Bonchev–Trinajstić information content (AvgIpc) is 3.15. The van der Waals surface area contributed by atoms with E-state index in [9.17, 15) is 18.0 Å². The molecular formula is C18H21ClN4O4S2. The Morgan fingerprint density at radius 3 is 2.48 bits per heavy atom. The zero-order chi connectivity index (χ0) is 21.0. The fraction of sp³-hybridized carbons (Fsp3) is 0.333. The second-order valence-electron chi connectivity index (χ2n) is 6.50. The Bertz CT molecular complexity index is 1000. The highest BCUT2D eigenvalue weighted by molar-refractivity contribution is 7.91. The number of carbonyl (C=O) groups is 2. The summed E-state index contributed by atoms with van der Waals surface area (Å²) < 4.78 is 27.2. The molecule has 3 rings (SSSR count). The van der Waals surface area contributed by atoms with Crippen LogP contribution in [0.5, 0.6) is 0 Å². The normalized spacial score (nSPS) is 15.3. The van der Waals surface area contributed by atoms with E-state index in [1.165, 1.54) is 10.4 Å². The maximum absolute atomic E-state index is 12.6. The molecule has 1 fully saturated rings. The van der Waals surface area contributed by atoms with E-state index < -0.39 is 15.9 Å². The van der Waals surface area contributed by atoms with Crippen molar-refractivity contribution in [3.8, 4) is 0 Å². The molecule has 0 unspecified atom stereocenters. The Morgan fingerprint density at radius 1 is 1.14 bits per heavy atom. The van der Waals surface area contributed by atoms with Crippen molar-refractivity contribution in [2.24, 2.45) is 5.73 Å². The molecule has 11 heteroatoms. The summed E-state index contributed by atoms with van der Waals surface area (Å²) in [6, 6.07) is 9.76. The Hall–Kier alpha value is -2.14. The van der Waals surface area contributed by atoms with Crippen molar-refractivity contribution in [1.82, 2.24) is 14.5 Å². The van der Waals surface area contributed by atoms with Gasteiger partial charge in [-0.05, 0) is 36.2 Å². The van der Waals surface area contributed by atoms with Crippen molar-refractivity contribution < 1.29 is 18.0 Å². The molecule has 3 amide bonds. The highest BCUT2D eigenvalue weighted by Crippen LogP contribution is 2.28. The lowest BCUT2D eigenvalue weighted by atomic mass is 10.1. The van der Waals surface area contributed by atoms with Crippen molar-refractivity contribution in [2.45, 2.75) is 10.6 Å². The monoisotopic (exact) mass is 456 g/mol. The molecule has 0 aliphatic carbocycles. The molecule has 8 nitrogen and oxygen atoms in total. The standard InChI is InChI=1S/C18H21ClN4O4S2/c19-15-4-5-16(28-15)29(26,27)23-10-8-22(9-11-23)18(25)21-7-6-13-2-1-3-14(12-13)17(20)24/h1-5,12H,6-11H2,(H2,20,24)(H,21,25). The molecule has 0 saturated carbocycles. The first-order valence-corrected chi connectivity index (χ1v) is 11.6. The number of nitrogens with zero attached hydrogens (tertiary/aromatic N) is 2. The number of primary amides is 1. The van der Waals surface area contributed by atoms with Crippen LogP contribution in [0.2, 0.25) is 4.34 Å². The zero-order valence-electron chi connectivity index (χ0n) is 15.5. The molecule has 1 aliphatic rings. The Kier molecular flexibility index (Phi) is 6.78. The van der Waals surface area contributed by atoms with Crippen molar-refractivity contribution in [3.05, 3.63) is 51.9 Å². The summed E-state index contributed by atoms with van der Waals surface area (Å²) in [5, 5.41) is 2.83. The van der Waals surface area contributed by atoms with Crippen LogP contribution in [0.15, 0.2) is 40.6 Å². The molecule has 2 heterocycles. The van der Waals surface area contributed by atoms with Crippen LogP contribution < -0.4 is 11.1 Å². The number of thiophene rings is 1. The lowest BCUT2D eigenvalue weighted by Gasteiger charge is -2.33. The van der Waals surface area contributed by atoms with Gasteiger partial charge in [0.15, 0.2) is 0 Å². The van der Waals surface area contributed by atoms with Gasteiger partial charge in [-0.25, -0.2) is 13.2 Å². The van der Waals surface area contributed by atoms with Gasteiger partial charge in [0, 0.05) is 38.3 Å². The van der Waals surface area contributed by atoms with Gasteiger partial charge in [-0.2, -0.15) is 4.31 Å². The quantitative estimate of drug-likeness (QED) is 0.689. The molecule has 29 heavy (non-hydrogen) atoms. The number of rotatable bonds is 6. The predicted octanol–water partition coefficient (Wildman–Crippen LogP) is 1.76. The Labute approximate surface area is 178 Å². The van der Waals surface area contributed by atoms with Crippen LogP contribution >= 0.6 is 22.9 Å².